The third-order valence-corrected chi connectivity index (χ3v) is 5.41. The SMILES string of the molecule is CCSCC(C)(O)c1[nH]c2cc(C(F)(F)F)c(Br)cc2c1C. The molecule has 1 aromatic carbocycles. The number of alkyl halides is 3. The Kier molecular flexibility index (Phi) is 4.90. The Labute approximate surface area is 139 Å². The van der Waals surface area contributed by atoms with Crippen molar-refractivity contribution in [1.29, 1.82) is 0 Å². The molecule has 2 aromatic rings. The van der Waals surface area contributed by atoms with Crippen molar-refractivity contribution < 1.29 is 18.3 Å². The van der Waals surface area contributed by atoms with Crippen LogP contribution in [0.4, 0.5) is 13.2 Å². The number of nitrogens with one attached hydrogen (secondary N) is 1. The highest BCUT2D eigenvalue weighted by atomic mass is 79.9. The third-order valence-electron chi connectivity index (χ3n) is 3.58. The maximum absolute atomic E-state index is 13.0. The highest BCUT2D eigenvalue weighted by molar-refractivity contribution is 9.10. The average molecular weight is 396 g/mol. The van der Waals surface area contributed by atoms with Crippen molar-refractivity contribution in [3.63, 3.8) is 0 Å². The summed E-state index contributed by atoms with van der Waals surface area (Å²) < 4.78 is 39.0. The van der Waals surface area contributed by atoms with Gasteiger partial charge in [0.25, 0.3) is 0 Å². The maximum Gasteiger partial charge on any atom is 0.417 e. The molecule has 0 aliphatic carbocycles. The van der Waals surface area contributed by atoms with Gasteiger partial charge in [-0.25, -0.2) is 0 Å². The van der Waals surface area contributed by atoms with Gasteiger partial charge < -0.3 is 10.1 Å². The van der Waals surface area contributed by atoms with E-state index in [4.69, 9.17) is 0 Å². The summed E-state index contributed by atoms with van der Waals surface area (Å²) in [6.07, 6.45) is -4.42. The van der Waals surface area contributed by atoms with E-state index in [9.17, 15) is 18.3 Å². The number of hydrogen-bond acceptors (Lipinski definition) is 2. The van der Waals surface area contributed by atoms with Crippen LogP contribution in [0.5, 0.6) is 0 Å². The zero-order valence-electron chi connectivity index (χ0n) is 12.4. The number of aromatic nitrogens is 1. The fraction of sp³-hybridized carbons (Fsp3) is 0.467. The fourth-order valence-corrected chi connectivity index (χ4v) is 3.79. The van der Waals surface area contributed by atoms with Crippen molar-refractivity contribution >= 4 is 38.6 Å². The highest BCUT2D eigenvalue weighted by Gasteiger charge is 2.34. The van der Waals surface area contributed by atoms with E-state index in [1.165, 1.54) is 6.07 Å². The van der Waals surface area contributed by atoms with Crippen LogP contribution in [0.2, 0.25) is 0 Å². The summed E-state index contributed by atoms with van der Waals surface area (Å²) in [4.78, 5) is 2.97. The van der Waals surface area contributed by atoms with Crippen LogP contribution in [-0.2, 0) is 11.8 Å². The normalized spacial score (nSPS) is 15.3. The third kappa shape index (κ3) is 3.31. The van der Waals surface area contributed by atoms with Gasteiger partial charge in [0.2, 0.25) is 0 Å². The molecule has 0 amide bonds. The molecule has 0 radical (unpaired) electrons. The number of aryl methyl sites for hydroxylation is 1. The molecular formula is C15H17BrF3NOS. The van der Waals surface area contributed by atoms with E-state index in [0.717, 1.165) is 17.4 Å². The van der Waals surface area contributed by atoms with E-state index in [-0.39, 0.29) is 4.47 Å². The molecule has 2 N–H and O–H groups in total. The molecule has 0 aliphatic heterocycles. The number of halogens is 4. The molecule has 1 heterocycles. The number of thioether (sulfide) groups is 1. The van der Waals surface area contributed by atoms with Gasteiger partial charge >= 0.3 is 6.18 Å². The van der Waals surface area contributed by atoms with Crippen LogP contribution in [0.25, 0.3) is 10.9 Å². The standard InChI is InChI=1S/C15H17BrF3NOS/c1-4-22-7-14(3,21)13-8(2)9-5-11(16)10(15(17,18)19)6-12(9)20-13/h5-6,20-21H,4,7H2,1-3H3. The number of H-pyrrole nitrogens is 1. The maximum atomic E-state index is 13.0. The molecule has 0 fully saturated rings. The molecule has 0 saturated heterocycles. The van der Waals surface area contributed by atoms with E-state index >= 15 is 0 Å². The van der Waals surface area contributed by atoms with Gasteiger partial charge in [-0.1, -0.05) is 22.9 Å². The number of rotatable bonds is 4. The Hall–Kier alpha value is -0.660. The van der Waals surface area contributed by atoms with E-state index in [0.29, 0.717) is 22.3 Å². The zero-order chi connectivity index (χ0) is 16.7. The second-order valence-corrected chi connectivity index (χ2v) is 7.54. The zero-order valence-corrected chi connectivity index (χ0v) is 14.8. The lowest BCUT2D eigenvalue weighted by atomic mass is 10.00. The topological polar surface area (TPSA) is 36.0 Å². The lowest BCUT2D eigenvalue weighted by molar-refractivity contribution is -0.138. The van der Waals surface area contributed by atoms with Crippen molar-refractivity contribution in [3.05, 3.63) is 33.4 Å². The molecule has 0 saturated carbocycles. The average Bonchev–Trinajstić information content (AvgIpc) is 2.72. The lowest BCUT2D eigenvalue weighted by Crippen LogP contribution is -2.26. The Morgan fingerprint density at radius 1 is 1.32 bits per heavy atom. The number of aliphatic hydroxyl groups is 1. The van der Waals surface area contributed by atoms with Crippen LogP contribution >= 0.6 is 27.7 Å². The van der Waals surface area contributed by atoms with Crippen molar-refractivity contribution in [2.45, 2.75) is 32.5 Å². The lowest BCUT2D eigenvalue weighted by Gasteiger charge is -2.22. The van der Waals surface area contributed by atoms with Gasteiger partial charge in [0, 0.05) is 21.1 Å². The van der Waals surface area contributed by atoms with E-state index in [1.807, 2.05) is 6.92 Å². The molecule has 0 bridgehead atoms. The minimum atomic E-state index is -4.42. The number of fused-ring (bicyclic) bond motifs is 1. The smallest absolute Gasteiger partial charge is 0.383 e. The van der Waals surface area contributed by atoms with Crippen LogP contribution in [0.15, 0.2) is 16.6 Å². The van der Waals surface area contributed by atoms with Gasteiger partial charge in [-0.15, -0.1) is 0 Å². The molecule has 2 nitrogen and oxygen atoms in total. The molecule has 2 rings (SSSR count). The summed E-state index contributed by atoms with van der Waals surface area (Å²) in [5.74, 6) is 1.34. The molecule has 1 unspecified atom stereocenters. The first kappa shape index (κ1) is 17.7. The Bertz CT molecular complexity index is 694. The van der Waals surface area contributed by atoms with Gasteiger partial charge in [0.1, 0.15) is 5.60 Å². The van der Waals surface area contributed by atoms with Crippen LogP contribution in [0.1, 0.15) is 30.7 Å². The summed E-state index contributed by atoms with van der Waals surface area (Å²) >= 11 is 4.57. The summed E-state index contributed by atoms with van der Waals surface area (Å²) in [7, 11) is 0. The first-order valence-electron chi connectivity index (χ1n) is 6.77. The van der Waals surface area contributed by atoms with Gasteiger partial charge in [-0.05, 0) is 37.3 Å². The van der Waals surface area contributed by atoms with Crippen LogP contribution in [-0.4, -0.2) is 21.6 Å². The summed E-state index contributed by atoms with van der Waals surface area (Å²) in [6, 6.07) is 2.54. The van der Waals surface area contributed by atoms with E-state index in [1.54, 1.807) is 25.6 Å². The van der Waals surface area contributed by atoms with Gasteiger partial charge in [-0.2, -0.15) is 24.9 Å². The predicted molar refractivity (Wildman–Crippen MR) is 88.3 cm³/mol. The molecule has 1 atom stereocenters. The summed E-state index contributed by atoms with van der Waals surface area (Å²) in [6.45, 7) is 5.47. The largest absolute Gasteiger partial charge is 0.417 e. The van der Waals surface area contributed by atoms with Gasteiger partial charge in [0.15, 0.2) is 0 Å². The summed E-state index contributed by atoms with van der Waals surface area (Å²) in [5, 5.41) is 11.3. The second kappa shape index (κ2) is 6.09. The van der Waals surface area contributed by atoms with Crippen molar-refractivity contribution in [1.82, 2.24) is 4.98 Å². The van der Waals surface area contributed by atoms with Gasteiger partial charge in [0.05, 0.1) is 11.3 Å². The Morgan fingerprint density at radius 3 is 2.50 bits per heavy atom. The fourth-order valence-electron chi connectivity index (χ4n) is 2.48. The first-order chi connectivity index (χ1) is 10.1. The minimum Gasteiger partial charge on any atom is -0.383 e. The van der Waals surface area contributed by atoms with E-state index < -0.39 is 17.3 Å². The van der Waals surface area contributed by atoms with Crippen LogP contribution in [0, 0.1) is 6.92 Å². The monoisotopic (exact) mass is 395 g/mol. The highest BCUT2D eigenvalue weighted by Crippen LogP contribution is 2.39. The van der Waals surface area contributed by atoms with Crippen LogP contribution < -0.4 is 0 Å². The first-order valence-corrected chi connectivity index (χ1v) is 8.72. The molecule has 0 spiro atoms. The molecule has 7 heteroatoms. The predicted octanol–water partition coefficient (Wildman–Crippen LogP) is 5.22. The molecular weight excluding hydrogens is 379 g/mol. The van der Waals surface area contributed by atoms with Crippen molar-refractivity contribution in [2.24, 2.45) is 0 Å². The molecule has 122 valence electrons. The van der Waals surface area contributed by atoms with Crippen LogP contribution in [0.3, 0.4) is 0 Å². The Morgan fingerprint density at radius 2 is 1.95 bits per heavy atom. The van der Waals surface area contributed by atoms with Gasteiger partial charge in [-0.3, -0.25) is 0 Å². The van der Waals surface area contributed by atoms with Crippen molar-refractivity contribution in [2.75, 3.05) is 11.5 Å². The van der Waals surface area contributed by atoms with Crippen molar-refractivity contribution in [3.8, 4) is 0 Å². The number of hydrogen-bond donors (Lipinski definition) is 2. The van der Waals surface area contributed by atoms with E-state index in [2.05, 4.69) is 20.9 Å². The molecule has 1 aromatic heterocycles. The second-order valence-electron chi connectivity index (χ2n) is 5.41. The molecule has 0 aliphatic rings. The number of benzene rings is 1. The molecule has 22 heavy (non-hydrogen) atoms. The number of aromatic amines is 1. The Balaban J connectivity index is 2.59. The summed E-state index contributed by atoms with van der Waals surface area (Å²) in [5.41, 5.74) is -0.129. The minimum absolute atomic E-state index is 0.00345. The quantitative estimate of drug-likeness (QED) is 0.744.